The number of aryl methyl sites for hydroxylation is 1. The topological polar surface area (TPSA) is 42.4 Å². The number of carbonyl (C=O) groups excluding carboxylic acids is 1. The number of ether oxygens (including phenoxy) is 1. The van der Waals surface area contributed by atoms with E-state index in [9.17, 15) is 4.79 Å². The summed E-state index contributed by atoms with van der Waals surface area (Å²) in [6, 6.07) is 2.02. The lowest BCUT2D eigenvalue weighted by molar-refractivity contribution is 0.151. The van der Waals surface area contributed by atoms with Crippen molar-refractivity contribution in [2.75, 3.05) is 18.1 Å². The maximum absolute atomic E-state index is 12.0. The lowest BCUT2D eigenvalue weighted by Crippen LogP contribution is -2.36. The van der Waals surface area contributed by atoms with Gasteiger partial charge in [-0.1, -0.05) is 13.3 Å². The summed E-state index contributed by atoms with van der Waals surface area (Å²) in [7, 11) is 0. The first kappa shape index (κ1) is 13.3. The van der Waals surface area contributed by atoms with Gasteiger partial charge in [0.2, 0.25) is 0 Å². The summed E-state index contributed by atoms with van der Waals surface area (Å²) in [5.74, 6) is 0.742. The van der Waals surface area contributed by atoms with Gasteiger partial charge < -0.3 is 4.74 Å². The third kappa shape index (κ3) is 3.02. The first-order valence-corrected chi connectivity index (χ1v) is 7.10. The Kier molecular flexibility index (Phi) is 4.58. The van der Waals surface area contributed by atoms with E-state index in [0.29, 0.717) is 13.2 Å². The van der Waals surface area contributed by atoms with Gasteiger partial charge in [-0.25, -0.2) is 9.78 Å². The largest absolute Gasteiger partial charge is 0.449 e. The van der Waals surface area contributed by atoms with E-state index in [0.717, 1.165) is 41.5 Å². The zero-order valence-electron chi connectivity index (χ0n) is 10.5. The molecule has 5 heteroatoms. The standard InChI is InChI=1S/C13H17BrN2O2/c1-2-3-7-18-13(17)16-6-4-5-10-8-11(14)9-15-12(10)16/h8-9H,2-7H2,1H3. The molecule has 0 N–H and O–H groups in total. The van der Waals surface area contributed by atoms with Gasteiger partial charge in [0, 0.05) is 17.2 Å². The second-order valence-electron chi connectivity index (χ2n) is 4.36. The number of nitrogens with zero attached hydrogens (tertiary/aromatic N) is 2. The van der Waals surface area contributed by atoms with E-state index in [2.05, 4.69) is 27.8 Å². The van der Waals surface area contributed by atoms with Crippen LogP contribution in [-0.4, -0.2) is 24.2 Å². The van der Waals surface area contributed by atoms with E-state index in [1.54, 1.807) is 11.1 Å². The maximum atomic E-state index is 12.0. The summed E-state index contributed by atoms with van der Waals surface area (Å²) in [6.45, 7) is 3.24. The van der Waals surface area contributed by atoms with Crippen LogP contribution in [0.5, 0.6) is 0 Å². The molecule has 2 rings (SSSR count). The zero-order valence-corrected chi connectivity index (χ0v) is 12.1. The molecule has 0 spiro atoms. The summed E-state index contributed by atoms with van der Waals surface area (Å²) < 4.78 is 6.19. The first-order valence-electron chi connectivity index (χ1n) is 6.31. The van der Waals surface area contributed by atoms with E-state index in [-0.39, 0.29) is 6.09 Å². The molecule has 1 amide bonds. The molecule has 1 aliphatic heterocycles. The fraction of sp³-hybridized carbons (Fsp3) is 0.538. The summed E-state index contributed by atoms with van der Waals surface area (Å²) >= 11 is 3.40. The van der Waals surface area contributed by atoms with Crippen molar-refractivity contribution in [3.63, 3.8) is 0 Å². The van der Waals surface area contributed by atoms with Crippen LogP contribution in [0.25, 0.3) is 0 Å². The van der Waals surface area contributed by atoms with Crippen molar-refractivity contribution in [1.29, 1.82) is 0 Å². The average molecular weight is 313 g/mol. The van der Waals surface area contributed by atoms with Gasteiger partial charge in [-0.2, -0.15) is 0 Å². The molecule has 1 aromatic rings. The van der Waals surface area contributed by atoms with Gasteiger partial charge in [-0.15, -0.1) is 0 Å². The van der Waals surface area contributed by atoms with Crippen LogP contribution >= 0.6 is 15.9 Å². The molecule has 98 valence electrons. The molecule has 0 aliphatic carbocycles. The van der Waals surface area contributed by atoms with Crippen LogP contribution in [0.15, 0.2) is 16.7 Å². The maximum Gasteiger partial charge on any atom is 0.415 e. The minimum Gasteiger partial charge on any atom is -0.449 e. The van der Waals surface area contributed by atoms with Gasteiger partial charge in [-0.3, -0.25) is 4.90 Å². The zero-order chi connectivity index (χ0) is 13.0. The lowest BCUT2D eigenvalue weighted by Gasteiger charge is -2.27. The first-order chi connectivity index (χ1) is 8.72. The number of rotatable bonds is 3. The van der Waals surface area contributed by atoms with Crippen molar-refractivity contribution in [2.45, 2.75) is 32.6 Å². The van der Waals surface area contributed by atoms with E-state index in [1.165, 1.54) is 0 Å². The fourth-order valence-electron chi connectivity index (χ4n) is 1.99. The fourth-order valence-corrected chi connectivity index (χ4v) is 2.37. The molecular formula is C13H17BrN2O2. The molecule has 0 bridgehead atoms. The van der Waals surface area contributed by atoms with Gasteiger partial charge in [0.15, 0.2) is 0 Å². The second kappa shape index (κ2) is 6.18. The van der Waals surface area contributed by atoms with Gasteiger partial charge in [0.05, 0.1) is 6.61 Å². The second-order valence-corrected chi connectivity index (χ2v) is 5.28. The highest BCUT2D eigenvalue weighted by Gasteiger charge is 2.24. The Balaban J connectivity index is 2.09. The molecule has 0 atom stereocenters. The van der Waals surface area contributed by atoms with Gasteiger partial charge in [0.25, 0.3) is 0 Å². The number of aromatic nitrogens is 1. The third-order valence-electron chi connectivity index (χ3n) is 2.94. The van der Waals surface area contributed by atoms with Gasteiger partial charge >= 0.3 is 6.09 Å². The van der Waals surface area contributed by atoms with Crippen LogP contribution in [0.3, 0.4) is 0 Å². The number of unbranched alkanes of at least 4 members (excludes halogenated alkanes) is 1. The quantitative estimate of drug-likeness (QED) is 0.802. The Morgan fingerprint density at radius 1 is 1.61 bits per heavy atom. The molecule has 0 saturated carbocycles. The molecule has 1 aromatic heterocycles. The highest BCUT2D eigenvalue weighted by molar-refractivity contribution is 9.10. The number of amides is 1. The molecule has 0 unspecified atom stereocenters. The van der Waals surface area contributed by atoms with Crippen molar-refractivity contribution in [3.05, 3.63) is 22.3 Å². The molecule has 4 nitrogen and oxygen atoms in total. The van der Waals surface area contributed by atoms with Crippen LogP contribution in [0.2, 0.25) is 0 Å². The van der Waals surface area contributed by atoms with Gasteiger partial charge in [0.1, 0.15) is 5.82 Å². The number of anilines is 1. The molecule has 0 saturated heterocycles. The van der Waals surface area contributed by atoms with Crippen LogP contribution < -0.4 is 4.90 Å². The molecule has 0 radical (unpaired) electrons. The van der Waals surface area contributed by atoms with E-state index < -0.39 is 0 Å². The summed E-state index contributed by atoms with van der Waals surface area (Å²) in [6.07, 6.45) is 5.28. The highest BCUT2D eigenvalue weighted by Crippen LogP contribution is 2.27. The number of hydrogen-bond acceptors (Lipinski definition) is 3. The molecule has 1 aliphatic rings. The van der Waals surface area contributed by atoms with E-state index in [4.69, 9.17) is 4.74 Å². The van der Waals surface area contributed by atoms with Crippen molar-refractivity contribution < 1.29 is 9.53 Å². The average Bonchev–Trinajstić information content (AvgIpc) is 2.37. The minimum absolute atomic E-state index is 0.278. The van der Waals surface area contributed by atoms with E-state index in [1.807, 2.05) is 6.07 Å². The van der Waals surface area contributed by atoms with Crippen molar-refractivity contribution in [2.24, 2.45) is 0 Å². The Morgan fingerprint density at radius 3 is 3.22 bits per heavy atom. The highest BCUT2D eigenvalue weighted by atomic mass is 79.9. The molecule has 2 heterocycles. The number of fused-ring (bicyclic) bond motifs is 1. The Labute approximate surface area is 115 Å². The van der Waals surface area contributed by atoms with E-state index >= 15 is 0 Å². The normalized spacial score (nSPS) is 14.2. The SMILES string of the molecule is CCCCOC(=O)N1CCCc2cc(Br)cnc21. The number of pyridine rings is 1. The smallest absolute Gasteiger partial charge is 0.415 e. The predicted molar refractivity (Wildman–Crippen MR) is 73.9 cm³/mol. The summed E-state index contributed by atoms with van der Waals surface area (Å²) in [4.78, 5) is 17.9. The van der Waals surface area contributed by atoms with Crippen molar-refractivity contribution >= 4 is 27.8 Å². The van der Waals surface area contributed by atoms with Crippen LogP contribution in [0.1, 0.15) is 31.7 Å². The van der Waals surface area contributed by atoms with Crippen LogP contribution in [-0.2, 0) is 11.2 Å². The minimum atomic E-state index is -0.278. The van der Waals surface area contributed by atoms with Crippen LogP contribution in [0, 0.1) is 0 Å². The molecule has 0 aromatic carbocycles. The molecular weight excluding hydrogens is 296 g/mol. The monoisotopic (exact) mass is 312 g/mol. The number of carbonyl (C=O) groups is 1. The van der Waals surface area contributed by atoms with Crippen molar-refractivity contribution in [1.82, 2.24) is 4.98 Å². The third-order valence-corrected chi connectivity index (χ3v) is 3.37. The Bertz CT molecular complexity index is 437. The molecule has 18 heavy (non-hydrogen) atoms. The van der Waals surface area contributed by atoms with Crippen LogP contribution in [0.4, 0.5) is 10.6 Å². The van der Waals surface area contributed by atoms with Crippen molar-refractivity contribution in [3.8, 4) is 0 Å². The summed E-state index contributed by atoms with van der Waals surface area (Å²) in [5, 5.41) is 0. The number of hydrogen-bond donors (Lipinski definition) is 0. The number of halogens is 1. The lowest BCUT2D eigenvalue weighted by atomic mass is 10.1. The predicted octanol–water partition coefficient (Wildman–Crippen LogP) is 3.53. The molecule has 0 fully saturated rings. The Hall–Kier alpha value is -1.10. The van der Waals surface area contributed by atoms with Gasteiger partial charge in [-0.05, 0) is 46.8 Å². The Morgan fingerprint density at radius 2 is 2.44 bits per heavy atom. The summed E-state index contributed by atoms with van der Waals surface area (Å²) in [5.41, 5.74) is 1.10.